The summed E-state index contributed by atoms with van der Waals surface area (Å²) in [4.78, 5) is 25.0. The van der Waals surface area contributed by atoms with Crippen LogP contribution in [-0.4, -0.2) is 20.9 Å². The summed E-state index contributed by atoms with van der Waals surface area (Å²) in [6.07, 6.45) is 0.848. The molecule has 0 aliphatic heterocycles. The van der Waals surface area contributed by atoms with Crippen LogP contribution in [0.25, 0.3) is 5.69 Å². The van der Waals surface area contributed by atoms with E-state index in [1.165, 1.54) is 22.5 Å². The van der Waals surface area contributed by atoms with E-state index in [1.54, 1.807) is 6.07 Å². The van der Waals surface area contributed by atoms with Gasteiger partial charge in [0.2, 0.25) is 5.91 Å². The van der Waals surface area contributed by atoms with Crippen molar-refractivity contribution in [2.45, 2.75) is 44.4 Å². The molecule has 0 aliphatic rings. The first-order valence-corrected chi connectivity index (χ1v) is 10.5. The van der Waals surface area contributed by atoms with Gasteiger partial charge in [0.15, 0.2) is 0 Å². The van der Waals surface area contributed by atoms with Crippen molar-refractivity contribution in [2.75, 3.05) is 5.32 Å². The second-order valence-electron chi connectivity index (χ2n) is 6.95. The lowest BCUT2D eigenvalue weighted by Crippen LogP contribution is -2.24. The number of hydrogen-bond acceptors (Lipinski definition) is 4. The van der Waals surface area contributed by atoms with Gasteiger partial charge in [-0.05, 0) is 68.1 Å². The van der Waals surface area contributed by atoms with Gasteiger partial charge in [-0.2, -0.15) is 9.78 Å². The Morgan fingerprint density at radius 3 is 2.59 bits per heavy atom. The summed E-state index contributed by atoms with van der Waals surface area (Å²) in [5, 5.41) is 7.72. The number of rotatable bonds is 6. The standard InChI is InChI=1S/C23H25N3O2S/c1-5-18-8-6-7-9-20(18)24-23(28)17(4)29-21-12-13-22(27)26(25-21)19-11-10-15(2)16(3)14-19/h6-14,17H,5H2,1-4H3,(H,24,28). The molecule has 0 radical (unpaired) electrons. The molecule has 0 spiro atoms. The number of benzene rings is 2. The van der Waals surface area contributed by atoms with Crippen LogP contribution >= 0.6 is 11.8 Å². The van der Waals surface area contributed by atoms with Crippen molar-refractivity contribution in [3.8, 4) is 5.69 Å². The van der Waals surface area contributed by atoms with Gasteiger partial charge in [0.1, 0.15) is 5.03 Å². The van der Waals surface area contributed by atoms with Gasteiger partial charge in [-0.25, -0.2) is 0 Å². The molecule has 150 valence electrons. The molecule has 1 heterocycles. The quantitative estimate of drug-likeness (QED) is 0.610. The van der Waals surface area contributed by atoms with Crippen molar-refractivity contribution in [1.29, 1.82) is 0 Å². The third-order valence-corrected chi connectivity index (χ3v) is 5.86. The Labute approximate surface area is 175 Å². The average molecular weight is 408 g/mol. The van der Waals surface area contributed by atoms with Crippen molar-refractivity contribution in [3.05, 3.63) is 81.6 Å². The highest BCUT2D eigenvalue weighted by Gasteiger charge is 2.17. The Kier molecular flexibility index (Phi) is 6.54. The van der Waals surface area contributed by atoms with E-state index in [2.05, 4.69) is 17.3 Å². The predicted molar refractivity (Wildman–Crippen MR) is 119 cm³/mol. The fourth-order valence-electron chi connectivity index (χ4n) is 2.92. The van der Waals surface area contributed by atoms with Crippen LogP contribution in [0, 0.1) is 13.8 Å². The van der Waals surface area contributed by atoms with E-state index in [0.717, 1.165) is 34.5 Å². The van der Waals surface area contributed by atoms with Crippen LogP contribution in [0.15, 0.2) is 64.4 Å². The molecule has 2 aromatic carbocycles. The maximum atomic E-state index is 12.7. The molecule has 1 amide bonds. The van der Waals surface area contributed by atoms with E-state index >= 15 is 0 Å². The molecule has 0 bridgehead atoms. The summed E-state index contributed by atoms with van der Waals surface area (Å²) in [5.74, 6) is -0.0957. The topological polar surface area (TPSA) is 64.0 Å². The summed E-state index contributed by atoms with van der Waals surface area (Å²) in [5.41, 5.74) is 4.70. The lowest BCUT2D eigenvalue weighted by atomic mass is 10.1. The molecule has 0 fully saturated rings. The number of nitrogens with zero attached hydrogens (tertiary/aromatic N) is 2. The first kappa shape index (κ1) is 20.9. The number of aryl methyl sites for hydroxylation is 3. The summed E-state index contributed by atoms with van der Waals surface area (Å²) >= 11 is 1.33. The molecule has 0 saturated heterocycles. The number of carbonyl (C=O) groups excluding carboxylic acids is 1. The smallest absolute Gasteiger partial charge is 0.271 e. The third kappa shape index (κ3) is 4.95. The SMILES string of the molecule is CCc1ccccc1NC(=O)C(C)Sc1ccc(=O)n(-c2ccc(C)c(C)c2)n1. The Morgan fingerprint density at radius 1 is 1.10 bits per heavy atom. The summed E-state index contributed by atoms with van der Waals surface area (Å²) in [6, 6.07) is 16.7. The van der Waals surface area contributed by atoms with Crippen molar-refractivity contribution in [1.82, 2.24) is 9.78 Å². The van der Waals surface area contributed by atoms with Crippen molar-refractivity contribution in [3.63, 3.8) is 0 Å². The second-order valence-corrected chi connectivity index (χ2v) is 8.31. The monoisotopic (exact) mass is 407 g/mol. The van der Waals surface area contributed by atoms with Gasteiger partial charge >= 0.3 is 0 Å². The average Bonchev–Trinajstić information content (AvgIpc) is 2.72. The molecular formula is C23H25N3O2S. The van der Waals surface area contributed by atoms with Crippen LogP contribution in [0.2, 0.25) is 0 Å². The van der Waals surface area contributed by atoms with Crippen LogP contribution in [0.1, 0.15) is 30.5 Å². The maximum Gasteiger partial charge on any atom is 0.271 e. The number of thioether (sulfide) groups is 1. The fourth-order valence-corrected chi connectivity index (χ4v) is 3.72. The highest BCUT2D eigenvalue weighted by Crippen LogP contribution is 2.23. The van der Waals surface area contributed by atoms with Gasteiger partial charge in [-0.1, -0.05) is 43.0 Å². The summed E-state index contributed by atoms with van der Waals surface area (Å²) in [7, 11) is 0. The van der Waals surface area contributed by atoms with Gasteiger partial charge in [-0.3, -0.25) is 9.59 Å². The van der Waals surface area contributed by atoms with Gasteiger partial charge in [0, 0.05) is 11.8 Å². The fraction of sp³-hybridized carbons (Fsp3) is 0.261. The number of aromatic nitrogens is 2. The lowest BCUT2D eigenvalue weighted by molar-refractivity contribution is -0.115. The van der Waals surface area contributed by atoms with Crippen LogP contribution in [0.5, 0.6) is 0 Å². The van der Waals surface area contributed by atoms with Gasteiger partial charge in [-0.15, -0.1) is 0 Å². The molecule has 1 aromatic heterocycles. The van der Waals surface area contributed by atoms with E-state index in [4.69, 9.17) is 0 Å². The number of anilines is 1. The third-order valence-electron chi connectivity index (χ3n) is 4.83. The van der Waals surface area contributed by atoms with E-state index in [-0.39, 0.29) is 16.7 Å². The summed E-state index contributed by atoms with van der Waals surface area (Å²) < 4.78 is 1.38. The molecule has 3 aromatic rings. The van der Waals surface area contributed by atoms with Gasteiger partial charge < -0.3 is 5.32 Å². The van der Waals surface area contributed by atoms with Gasteiger partial charge in [0.05, 0.1) is 10.9 Å². The van der Waals surface area contributed by atoms with E-state index in [9.17, 15) is 9.59 Å². The largest absolute Gasteiger partial charge is 0.325 e. The molecule has 5 nitrogen and oxygen atoms in total. The molecule has 1 unspecified atom stereocenters. The van der Waals surface area contributed by atoms with E-state index in [0.29, 0.717) is 5.03 Å². The lowest BCUT2D eigenvalue weighted by Gasteiger charge is -2.14. The number of amides is 1. The van der Waals surface area contributed by atoms with Crippen molar-refractivity contribution < 1.29 is 4.79 Å². The minimum Gasteiger partial charge on any atom is -0.325 e. The minimum atomic E-state index is -0.363. The Hall–Kier alpha value is -2.86. The predicted octanol–water partition coefficient (Wildman–Crippen LogP) is 4.53. The molecular weight excluding hydrogens is 382 g/mol. The van der Waals surface area contributed by atoms with Crippen LogP contribution in [0.4, 0.5) is 5.69 Å². The molecule has 29 heavy (non-hydrogen) atoms. The van der Waals surface area contributed by atoms with Gasteiger partial charge in [0.25, 0.3) is 5.56 Å². The van der Waals surface area contributed by atoms with E-state index in [1.807, 2.05) is 63.2 Å². The Bertz CT molecular complexity index is 1090. The zero-order valence-corrected chi connectivity index (χ0v) is 17.9. The van der Waals surface area contributed by atoms with Crippen LogP contribution in [0.3, 0.4) is 0 Å². The summed E-state index contributed by atoms with van der Waals surface area (Å²) in [6.45, 7) is 7.92. The maximum absolute atomic E-state index is 12.7. The molecule has 3 rings (SSSR count). The number of hydrogen-bond donors (Lipinski definition) is 1. The Balaban J connectivity index is 1.78. The molecule has 0 aliphatic carbocycles. The van der Waals surface area contributed by atoms with Crippen LogP contribution in [-0.2, 0) is 11.2 Å². The number of para-hydroxylation sites is 1. The normalized spacial score (nSPS) is 11.9. The first-order chi connectivity index (χ1) is 13.9. The van der Waals surface area contributed by atoms with E-state index < -0.39 is 0 Å². The highest BCUT2D eigenvalue weighted by molar-refractivity contribution is 8.00. The minimum absolute atomic E-state index is 0.0957. The highest BCUT2D eigenvalue weighted by atomic mass is 32.2. The molecule has 0 saturated carbocycles. The van der Waals surface area contributed by atoms with Crippen molar-refractivity contribution >= 4 is 23.4 Å². The first-order valence-electron chi connectivity index (χ1n) is 9.62. The molecule has 6 heteroatoms. The molecule has 1 atom stereocenters. The number of carbonyl (C=O) groups is 1. The van der Waals surface area contributed by atoms with Crippen molar-refractivity contribution in [2.24, 2.45) is 0 Å². The zero-order valence-electron chi connectivity index (χ0n) is 17.1. The Morgan fingerprint density at radius 2 is 1.86 bits per heavy atom. The zero-order chi connectivity index (χ0) is 21.0. The number of nitrogens with one attached hydrogen (secondary N) is 1. The second kappa shape index (κ2) is 9.09. The molecule has 1 N–H and O–H groups in total. The van der Waals surface area contributed by atoms with Crippen LogP contribution < -0.4 is 10.9 Å².